The largest absolute Gasteiger partial charge is 0.487 e. The summed E-state index contributed by atoms with van der Waals surface area (Å²) in [7, 11) is 0. The molecular weight excluding hydrogens is 544 g/mol. The summed E-state index contributed by atoms with van der Waals surface area (Å²) < 4.78 is 68.5. The molecule has 41 heavy (non-hydrogen) atoms. The van der Waals surface area contributed by atoms with E-state index in [-0.39, 0.29) is 36.3 Å². The summed E-state index contributed by atoms with van der Waals surface area (Å²) in [5.41, 5.74) is 8.27. The van der Waals surface area contributed by atoms with Gasteiger partial charge in [0.25, 0.3) is 5.91 Å². The lowest BCUT2D eigenvalue weighted by Gasteiger charge is -2.33. The number of amides is 1. The molecule has 0 aliphatic heterocycles. The van der Waals surface area contributed by atoms with Crippen molar-refractivity contribution in [3.63, 3.8) is 0 Å². The lowest BCUT2D eigenvalue weighted by atomic mass is 9.88. The number of aromatic nitrogens is 1. The number of hydrogen-bond acceptors (Lipinski definition) is 7. The number of nitrogens with two attached hydrogens (primary N) is 2. The Bertz CT molecular complexity index is 1390. The predicted octanol–water partition coefficient (Wildman–Crippen LogP) is 4.14. The standard InChI is InChI=1S/C29H32F4N4O4/c1-27(2,34)19-14-22(17-3-6-20(30)7-4-17)37-25(15-19)28(35,29(31,32)33)16-36-26(39)18-5-10-23(41-21-8-9-21)24(13-18)40-12-11-38/h3-7,10,13-15,21,38H,8-9,11-12,16,34-35H2,1-2H3,(H,36,39). The first kappa shape index (κ1) is 30.2. The van der Waals surface area contributed by atoms with Gasteiger partial charge in [-0.15, -0.1) is 0 Å². The van der Waals surface area contributed by atoms with Crippen LogP contribution in [0.5, 0.6) is 11.5 Å². The van der Waals surface area contributed by atoms with Crippen LogP contribution in [0.3, 0.4) is 0 Å². The number of nitrogens with zero attached hydrogens (tertiary/aromatic N) is 1. The third-order valence-corrected chi connectivity index (χ3v) is 6.57. The van der Waals surface area contributed by atoms with E-state index in [4.69, 9.17) is 26.0 Å². The van der Waals surface area contributed by atoms with Crippen LogP contribution >= 0.6 is 0 Å². The van der Waals surface area contributed by atoms with E-state index < -0.39 is 41.2 Å². The lowest BCUT2D eigenvalue weighted by Crippen LogP contribution is -2.58. The number of rotatable bonds is 11. The van der Waals surface area contributed by atoms with Crippen molar-refractivity contribution >= 4 is 5.91 Å². The summed E-state index contributed by atoms with van der Waals surface area (Å²) in [6.07, 6.45) is -3.27. The van der Waals surface area contributed by atoms with Gasteiger partial charge in [0.1, 0.15) is 12.4 Å². The maximum absolute atomic E-state index is 14.6. The molecule has 0 spiro atoms. The molecule has 1 aliphatic carbocycles. The zero-order valence-electron chi connectivity index (χ0n) is 22.6. The Kier molecular flexibility index (Phi) is 8.57. The number of halogens is 4. The van der Waals surface area contributed by atoms with Gasteiger partial charge < -0.3 is 31.4 Å². The van der Waals surface area contributed by atoms with Crippen molar-refractivity contribution in [3.05, 3.63) is 77.2 Å². The van der Waals surface area contributed by atoms with E-state index >= 15 is 0 Å². The number of ether oxygens (including phenoxy) is 2. The van der Waals surface area contributed by atoms with Crippen LogP contribution in [0.15, 0.2) is 54.6 Å². The molecule has 2 aromatic carbocycles. The minimum absolute atomic E-state index is 0.00224. The number of pyridine rings is 1. The van der Waals surface area contributed by atoms with Crippen LogP contribution in [0.4, 0.5) is 17.6 Å². The van der Waals surface area contributed by atoms with Crippen LogP contribution in [-0.2, 0) is 11.1 Å². The molecule has 1 aromatic heterocycles. The molecule has 1 fully saturated rings. The normalized spacial score (nSPS) is 15.2. The van der Waals surface area contributed by atoms with E-state index in [1.165, 1.54) is 36.4 Å². The molecule has 1 unspecified atom stereocenters. The highest BCUT2D eigenvalue weighted by Crippen LogP contribution is 2.39. The molecule has 1 heterocycles. The molecule has 0 bridgehead atoms. The SMILES string of the molecule is CC(C)(N)c1cc(-c2ccc(F)cc2)nc(C(N)(CNC(=O)c2ccc(OC3CC3)c(OCCO)c2)C(F)(F)F)c1. The van der Waals surface area contributed by atoms with E-state index in [0.717, 1.165) is 31.0 Å². The van der Waals surface area contributed by atoms with E-state index in [2.05, 4.69) is 10.3 Å². The number of benzene rings is 2. The topological polar surface area (TPSA) is 133 Å². The third-order valence-electron chi connectivity index (χ3n) is 6.57. The van der Waals surface area contributed by atoms with Gasteiger partial charge in [-0.1, -0.05) is 0 Å². The van der Waals surface area contributed by atoms with Gasteiger partial charge in [-0.25, -0.2) is 4.39 Å². The quantitative estimate of drug-likeness (QED) is 0.252. The Morgan fingerprint density at radius 3 is 2.32 bits per heavy atom. The lowest BCUT2D eigenvalue weighted by molar-refractivity contribution is -0.188. The Hall–Kier alpha value is -3.74. The fraction of sp³-hybridized carbons (Fsp3) is 0.379. The van der Waals surface area contributed by atoms with Gasteiger partial charge in [-0.3, -0.25) is 9.78 Å². The smallest absolute Gasteiger partial charge is 0.413 e. The predicted molar refractivity (Wildman–Crippen MR) is 144 cm³/mol. The van der Waals surface area contributed by atoms with Crippen LogP contribution in [-0.4, -0.2) is 48.0 Å². The summed E-state index contributed by atoms with van der Waals surface area (Å²) in [5.74, 6) is -0.825. The molecule has 1 atom stereocenters. The van der Waals surface area contributed by atoms with E-state index in [1.807, 2.05) is 0 Å². The first-order valence-corrected chi connectivity index (χ1v) is 13.0. The molecule has 3 aromatic rings. The van der Waals surface area contributed by atoms with Crippen molar-refractivity contribution < 1.29 is 36.9 Å². The fourth-order valence-corrected chi connectivity index (χ4v) is 3.94. The molecule has 8 nitrogen and oxygen atoms in total. The van der Waals surface area contributed by atoms with E-state index in [9.17, 15) is 22.4 Å². The summed E-state index contributed by atoms with van der Waals surface area (Å²) >= 11 is 0. The molecular formula is C29H32F4N4O4. The molecule has 220 valence electrons. The van der Waals surface area contributed by atoms with Gasteiger partial charge in [-0.2, -0.15) is 13.2 Å². The molecule has 1 amide bonds. The summed E-state index contributed by atoms with van der Waals surface area (Å²) in [6, 6.07) is 12.0. The van der Waals surface area contributed by atoms with Gasteiger partial charge in [0.05, 0.1) is 30.6 Å². The van der Waals surface area contributed by atoms with Gasteiger partial charge in [-0.05, 0) is 86.8 Å². The van der Waals surface area contributed by atoms with Crippen LogP contribution in [0.25, 0.3) is 11.3 Å². The van der Waals surface area contributed by atoms with Crippen molar-refractivity contribution in [3.8, 4) is 22.8 Å². The molecule has 12 heteroatoms. The van der Waals surface area contributed by atoms with Crippen molar-refractivity contribution in [2.45, 2.75) is 50.0 Å². The molecule has 4 rings (SSSR count). The average molecular weight is 577 g/mol. The van der Waals surface area contributed by atoms with Crippen LogP contribution in [0.2, 0.25) is 0 Å². The summed E-state index contributed by atoms with van der Waals surface area (Å²) in [4.78, 5) is 17.2. The summed E-state index contributed by atoms with van der Waals surface area (Å²) in [6.45, 7) is 1.82. The first-order chi connectivity index (χ1) is 19.2. The van der Waals surface area contributed by atoms with Crippen molar-refractivity contribution in [1.29, 1.82) is 0 Å². The van der Waals surface area contributed by atoms with Crippen molar-refractivity contribution in [2.24, 2.45) is 11.5 Å². The number of carbonyl (C=O) groups excluding carboxylic acids is 1. The minimum Gasteiger partial charge on any atom is -0.487 e. The van der Waals surface area contributed by atoms with Crippen molar-refractivity contribution in [1.82, 2.24) is 10.3 Å². The Balaban J connectivity index is 1.66. The molecule has 1 aliphatic rings. The van der Waals surface area contributed by atoms with Gasteiger partial charge >= 0.3 is 6.18 Å². The number of alkyl halides is 3. The Morgan fingerprint density at radius 2 is 1.73 bits per heavy atom. The maximum atomic E-state index is 14.6. The second-order valence-corrected chi connectivity index (χ2v) is 10.6. The maximum Gasteiger partial charge on any atom is 0.413 e. The van der Waals surface area contributed by atoms with Gasteiger partial charge in [0, 0.05) is 16.7 Å². The zero-order chi connectivity index (χ0) is 30.0. The Morgan fingerprint density at radius 1 is 1.05 bits per heavy atom. The van der Waals surface area contributed by atoms with Gasteiger partial charge in [0.15, 0.2) is 17.0 Å². The fourth-order valence-electron chi connectivity index (χ4n) is 3.94. The van der Waals surface area contributed by atoms with Gasteiger partial charge in [0.2, 0.25) is 0 Å². The highest BCUT2D eigenvalue weighted by Gasteiger charge is 2.55. The second kappa shape index (κ2) is 11.6. The molecule has 1 saturated carbocycles. The van der Waals surface area contributed by atoms with Crippen LogP contribution in [0, 0.1) is 5.82 Å². The number of carbonyl (C=O) groups is 1. The highest BCUT2D eigenvalue weighted by molar-refractivity contribution is 5.95. The zero-order valence-corrected chi connectivity index (χ0v) is 22.6. The number of hydrogen-bond donors (Lipinski definition) is 4. The minimum atomic E-state index is -5.04. The van der Waals surface area contributed by atoms with Crippen LogP contribution < -0.4 is 26.3 Å². The first-order valence-electron chi connectivity index (χ1n) is 13.0. The second-order valence-electron chi connectivity index (χ2n) is 10.6. The molecule has 0 saturated heterocycles. The number of aliphatic hydroxyl groups is 1. The monoisotopic (exact) mass is 576 g/mol. The number of nitrogens with one attached hydrogen (secondary N) is 1. The van der Waals surface area contributed by atoms with Crippen molar-refractivity contribution in [2.75, 3.05) is 19.8 Å². The Labute approximate surface area is 234 Å². The number of aliphatic hydroxyl groups excluding tert-OH is 1. The highest BCUT2D eigenvalue weighted by atomic mass is 19.4. The van der Waals surface area contributed by atoms with E-state index in [1.54, 1.807) is 13.8 Å². The third kappa shape index (κ3) is 7.13. The molecule has 0 radical (unpaired) electrons. The van der Waals surface area contributed by atoms with Crippen LogP contribution in [0.1, 0.15) is 48.3 Å². The average Bonchev–Trinajstić information content (AvgIpc) is 3.74. The molecule has 6 N–H and O–H groups in total. The van der Waals surface area contributed by atoms with E-state index in [0.29, 0.717) is 16.9 Å². The summed E-state index contributed by atoms with van der Waals surface area (Å²) in [5, 5.41) is 11.4.